The molecule has 1 amide bonds. The standard InChI is InChI=1S/C16H24N2O3/c1-10(2)6-13-7-12(8-15(20)18-13)16(21)17-9-11-4-3-5-14(11)19/h7-8,10-11,14,19H,3-6,9H2,1-2H3,(H,17,21)(H,18,20). The van der Waals surface area contributed by atoms with Gasteiger partial charge in [-0.1, -0.05) is 20.3 Å². The number of nitrogens with one attached hydrogen (secondary N) is 2. The van der Waals surface area contributed by atoms with Gasteiger partial charge in [-0.25, -0.2) is 0 Å². The topological polar surface area (TPSA) is 82.2 Å². The van der Waals surface area contributed by atoms with Crippen LogP contribution >= 0.6 is 0 Å². The minimum atomic E-state index is -0.319. The van der Waals surface area contributed by atoms with Crippen LogP contribution in [0, 0.1) is 11.8 Å². The Morgan fingerprint density at radius 1 is 1.43 bits per heavy atom. The van der Waals surface area contributed by atoms with Crippen molar-refractivity contribution in [2.75, 3.05) is 6.54 Å². The maximum Gasteiger partial charge on any atom is 0.251 e. The average Bonchev–Trinajstić information content (AvgIpc) is 2.80. The summed E-state index contributed by atoms with van der Waals surface area (Å²) >= 11 is 0. The summed E-state index contributed by atoms with van der Waals surface area (Å²) in [6, 6.07) is 3.06. The minimum Gasteiger partial charge on any atom is -0.393 e. The lowest BCUT2D eigenvalue weighted by atomic mass is 10.0. The number of carbonyl (C=O) groups excluding carboxylic acids is 1. The molecule has 5 nitrogen and oxygen atoms in total. The van der Waals surface area contributed by atoms with E-state index in [0.29, 0.717) is 18.0 Å². The zero-order valence-corrected chi connectivity index (χ0v) is 12.7. The Balaban J connectivity index is 2.01. The van der Waals surface area contributed by atoms with Crippen LogP contribution in [0.2, 0.25) is 0 Å². The molecule has 0 radical (unpaired) electrons. The number of aromatic amines is 1. The van der Waals surface area contributed by atoms with Crippen molar-refractivity contribution in [1.29, 1.82) is 0 Å². The van der Waals surface area contributed by atoms with E-state index in [1.807, 2.05) is 0 Å². The first-order chi connectivity index (χ1) is 9.95. The van der Waals surface area contributed by atoms with Crippen molar-refractivity contribution >= 4 is 5.91 Å². The van der Waals surface area contributed by atoms with Crippen LogP contribution in [-0.2, 0) is 6.42 Å². The summed E-state index contributed by atoms with van der Waals surface area (Å²) in [5.41, 5.74) is 0.921. The van der Waals surface area contributed by atoms with Gasteiger partial charge in [-0.2, -0.15) is 0 Å². The highest BCUT2D eigenvalue weighted by atomic mass is 16.3. The van der Waals surface area contributed by atoms with Gasteiger partial charge in [-0.05, 0) is 31.2 Å². The quantitative estimate of drug-likeness (QED) is 0.768. The maximum absolute atomic E-state index is 12.2. The molecule has 5 heteroatoms. The third kappa shape index (κ3) is 4.43. The van der Waals surface area contributed by atoms with E-state index < -0.39 is 0 Å². The molecule has 1 aromatic rings. The first-order valence-corrected chi connectivity index (χ1v) is 7.65. The molecule has 0 aliphatic heterocycles. The van der Waals surface area contributed by atoms with Gasteiger partial charge >= 0.3 is 0 Å². The molecule has 2 atom stereocenters. The van der Waals surface area contributed by atoms with E-state index >= 15 is 0 Å². The second-order valence-electron chi connectivity index (χ2n) is 6.32. The number of aliphatic hydroxyl groups is 1. The van der Waals surface area contributed by atoms with Crippen molar-refractivity contribution in [1.82, 2.24) is 10.3 Å². The normalized spacial score (nSPS) is 21.7. The summed E-state index contributed by atoms with van der Waals surface area (Å²) in [4.78, 5) is 26.5. The Bertz CT molecular complexity index is 551. The molecule has 0 saturated heterocycles. The van der Waals surface area contributed by atoms with E-state index in [4.69, 9.17) is 0 Å². The minimum absolute atomic E-state index is 0.131. The number of rotatable bonds is 5. The van der Waals surface area contributed by atoms with Gasteiger partial charge in [-0.15, -0.1) is 0 Å². The van der Waals surface area contributed by atoms with E-state index in [1.165, 1.54) is 6.07 Å². The largest absolute Gasteiger partial charge is 0.393 e. The number of pyridine rings is 1. The van der Waals surface area contributed by atoms with E-state index in [1.54, 1.807) is 6.07 Å². The second-order valence-corrected chi connectivity index (χ2v) is 6.32. The van der Waals surface area contributed by atoms with Crippen LogP contribution in [0.5, 0.6) is 0 Å². The smallest absolute Gasteiger partial charge is 0.251 e. The molecular formula is C16H24N2O3. The maximum atomic E-state index is 12.2. The number of carbonyl (C=O) groups is 1. The zero-order chi connectivity index (χ0) is 15.4. The van der Waals surface area contributed by atoms with Crippen LogP contribution in [0.4, 0.5) is 0 Å². The first kappa shape index (κ1) is 15.8. The number of H-pyrrole nitrogens is 1. The fraction of sp³-hybridized carbons (Fsp3) is 0.625. The number of aromatic nitrogens is 1. The third-order valence-electron chi connectivity index (χ3n) is 3.93. The van der Waals surface area contributed by atoms with Crippen LogP contribution in [0.25, 0.3) is 0 Å². The van der Waals surface area contributed by atoms with Gasteiger partial charge in [0.25, 0.3) is 5.91 Å². The highest BCUT2D eigenvalue weighted by Crippen LogP contribution is 2.24. The van der Waals surface area contributed by atoms with Crippen molar-refractivity contribution in [3.05, 3.63) is 33.7 Å². The molecule has 3 N–H and O–H groups in total. The molecule has 1 saturated carbocycles. The number of hydrogen-bond acceptors (Lipinski definition) is 3. The molecule has 21 heavy (non-hydrogen) atoms. The summed E-state index contributed by atoms with van der Waals surface area (Å²) in [6.45, 7) is 4.59. The van der Waals surface area contributed by atoms with Crippen LogP contribution in [0.3, 0.4) is 0 Å². The lowest BCUT2D eigenvalue weighted by molar-refractivity contribution is 0.0916. The molecule has 0 aromatic carbocycles. The van der Waals surface area contributed by atoms with Crippen molar-refractivity contribution in [2.45, 2.75) is 45.6 Å². The van der Waals surface area contributed by atoms with Crippen LogP contribution < -0.4 is 10.9 Å². The number of amides is 1. The van der Waals surface area contributed by atoms with Gasteiger partial charge in [0.1, 0.15) is 0 Å². The van der Waals surface area contributed by atoms with Gasteiger partial charge in [0.2, 0.25) is 5.56 Å². The molecule has 1 aliphatic rings. The summed E-state index contributed by atoms with van der Waals surface area (Å²) in [5, 5.41) is 12.6. The first-order valence-electron chi connectivity index (χ1n) is 7.65. The van der Waals surface area contributed by atoms with Crippen molar-refractivity contribution < 1.29 is 9.90 Å². The van der Waals surface area contributed by atoms with E-state index in [2.05, 4.69) is 24.1 Å². The SMILES string of the molecule is CC(C)Cc1cc(C(=O)NCC2CCCC2O)cc(=O)[nH]1. The molecule has 0 spiro atoms. The summed E-state index contributed by atoms with van der Waals surface area (Å²) < 4.78 is 0. The van der Waals surface area contributed by atoms with E-state index in [9.17, 15) is 14.7 Å². The van der Waals surface area contributed by atoms with Gasteiger partial charge in [0.05, 0.1) is 6.10 Å². The van der Waals surface area contributed by atoms with Crippen LogP contribution in [0.15, 0.2) is 16.9 Å². The Morgan fingerprint density at radius 2 is 2.19 bits per heavy atom. The van der Waals surface area contributed by atoms with Crippen molar-refractivity contribution in [3.63, 3.8) is 0 Å². The molecule has 1 aliphatic carbocycles. The fourth-order valence-corrected chi connectivity index (χ4v) is 2.86. The Morgan fingerprint density at radius 3 is 2.81 bits per heavy atom. The molecule has 0 bridgehead atoms. The van der Waals surface area contributed by atoms with E-state index in [0.717, 1.165) is 31.4 Å². The molecule has 1 heterocycles. The van der Waals surface area contributed by atoms with Crippen molar-refractivity contribution in [2.24, 2.45) is 11.8 Å². The molecule has 116 valence electrons. The average molecular weight is 292 g/mol. The number of aliphatic hydroxyl groups excluding tert-OH is 1. The Kier molecular flexibility index (Phi) is 5.17. The molecule has 1 aromatic heterocycles. The monoisotopic (exact) mass is 292 g/mol. The second kappa shape index (κ2) is 6.89. The summed E-state index contributed by atoms with van der Waals surface area (Å²) in [7, 11) is 0. The lowest BCUT2D eigenvalue weighted by Crippen LogP contribution is -2.33. The highest BCUT2D eigenvalue weighted by Gasteiger charge is 2.25. The predicted octanol–water partition coefficient (Wildman–Crippen LogP) is 1.46. The molecule has 2 rings (SSSR count). The molecule has 2 unspecified atom stereocenters. The van der Waals surface area contributed by atoms with Gasteiger partial charge in [-0.3, -0.25) is 9.59 Å². The van der Waals surface area contributed by atoms with Crippen molar-refractivity contribution in [3.8, 4) is 0 Å². The summed E-state index contributed by atoms with van der Waals surface area (Å²) in [5.74, 6) is 0.295. The van der Waals surface area contributed by atoms with E-state index in [-0.39, 0.29) is 23.5 Å². The number of hydrogen-bond donors (Lipinski definition) is 3. The third-order valence-corrected chi connectivity index (χ3v) is 3.93. The highest BCUT2D eigenvalue weighted by molar-refractivity contribution is 5.94. The van der Waals surface area contributed by atoms with Gasteiger partial charge in [0.15, 0.2) is 0 Å². The Hall–Kier alpha value is -1.62. The van der Waals surface area contributed by atoms with Gasteiger partial charge in [0, 0.05) is 29.8 Å². The van der Waals surface area contributed by atoms with Gasteiger partial charge < -0.3 is 15.4 Å². The summed E-state index contributed by atoms with van der Waals surface area (Å²) in [6.07, 6.45) is 3.17. The zero-order valence-electron chi connectivity index (χ0n) is 12.7. The van der Waals surface area contributed by atoms with Crippen LogP contribution in [-0.4, -0.2) is 28.6 Å². The Labute approximate surface area is 124 Å². The lowest BCUT2D eigenvalue weighted by Gasteiger charge is -2.15. The van der Waals surface area contributed by atoms with Crippen LogP contribution in [0.1, 0.15) is 49.2 Å². The molecular weight excluding hydrogens is 268 g/mol. The molecule has 1 fully saturated rings. The predicted molar refractivity (Wildman–Crippen MR) is 81.3 cm³/mol. The fourth-order valence-electron chi connectivity index (χ4n) is 2.86.